The Hall–Kier alpha value is -3.34. The van der Waals surface area contributed by atoms with E-state index in [1.54, 1.807) is 0 Å². The first kappa shape index (κ1) is 19.0. The molecule has 0 aliphatic heterocycles. The molecule has 5 nitrogen and oxygen atoms in total. The summed E-state index contributed by atoms with van der Waals surface area (Å²) >= 11 is 0. The van der Waals surface area contributed by atoms with E-state index in [1.165, 1.54) is 0 Å². The Morgan fingerprint density at radius 1 is 1.00 bits per heavy atom. The number of benzene rings is 2. The lowest BCUT2D eigenvalue weighted by atomic mass is 10.1. The molecule has 1 aliphatic rings. The van der Waals surface area contributed by atoms with Crippen molar-refractivity contribution in [2.45, 2.75) is 32.4 Å². The normalized spacial score (nSPS) is 14.2. The molecule has 0 radical (unpaired) electrons. The SMILES string of the molecule is CC(NC(=O)c1cccn1Cc1ccccc1)c1ccc(NC(=O)C2CC2)cc1. The van der Waals surface area contributed by atoms with Crippen LogP contribution in [0.3, 0.4) is 0 Å². The van der Waals surface area contributed by atoms with Crippen molar-refractivity contribution in [2.24, 2.45) is 5.92 Å². The number of rotatable bonds is 7. The quantitative estimate of drug-likeness (QED) is 0.632. The number of amides is 2. The maximum atomic E-state index is 12.8. The largest absolute Gasteiger partial charge is 0.344 e. The first-order valence-electron chi connectivity index (χ1n) is 10.0. The monoisotopic (exact) mass is 387 g/mol. The standard InChI is InChI=1S/C24H25N3O2/c1-17(19-11-13-21(14-12-19)26-23(28)20-9-10-20)25-24(29)22-8-5-15-27(22)16-18-6-3-2-4-7-18/h2-8,11-15,17,20H,9-10,16H2,1H3,(H,25,29)(H,26,28). The van der Waals surface area contributed by atoms with Crippen LogP contribution in [0.2, 0.25) is 0 Å². The van der Waals surface area contributed by atoms with E-state index < -0.39 is 0 Å². The van der Waals surface area contributed by atoms with Crippen LogP contribution < -0.4 is 10.6 Å². The molecule has 0 saturated heterocycles. The summed E-state index contributed by atoms with van der Waals surface area (Å²) < 4.78 is 1.95. The van der Waals surface area contributed by atoms with E-state index in [4.69, 9.17) is 0 Å². The van der Waals surface area contributed by atoms with Crippen LogP contribution in [0.25, 0.3) is 0 Å². The predicted octanol–water partition coefficient (Wildman–Crippen LogP) is 4.38. The van der Waals surface area contributed by atoms with Crippen LogP contribution in [0.1, 0.15) is 47.4 Å². The first-order chi connectivity index (χ1) is 14.1. The zero-order valence-electron chi connectivity index (χ0n) is 16.5. The third-order valence-electron chi connectivity index (χ3n) is 5.23. The van der Waals surface area contributed by atoms with Gasteiger partial charge in [0.1, 0.15) is 5.69 Å². The van der Waals surface area contributed by atoms with E-state index >= 15 is 0 Å². The highest BCUT2D eigenvalue weighted by molar-refractivity contribution is 5.94. The van der Waals surface area contributed by atoms with Crippen LogP contribution in [0.5, 0.6) is 0 Å². The van der Waals surface area contributed by atoms with E-state index in [2.05, 4.69) is 10.6 Å². The fourth-order valence-corrected chi connectivity index (χ4v) is 3.34. The van der Waals surface area contributed by atoms with E-state index in [-0.39, 0.29) is 23.8 Å². The molecule has 1 fully saturated rings. The van der Waals surface area contributed by atoms with Crippen LogP contribution in [-0.2, 0) is 11.3 Å². The van der Waals surface area contributed by atoms with Crippen molar-refractivity contribution >= 4 is 17.5 Å². The zero-order valence-corrected chi connectivity index (χ0v) is 16.5. The number of carbonyl (C=O) groups excluding carboxylic acids is 2. The molecular weight excluding hydrogens is 362 g/mol. The first-order valence-corrected chi connectivity index (χ1v) is 10.0. The minimum Gasteiger partial charge on any atom is -0.344 e. The second-order valence-electron chi connectivity index (χ2n) is 7.59. The highest BCUT2D eigenvalue weighted by Crippen LogP contribution is 2.30. The fraction of sp³-hybridized carbons (Fsp3) is 0.250. The number of anilines is 1. The molecular formula is C24H25N3O2. The summed E-state index contributed by atoms with van der Waals surface area (Å²) in [5.74, 6) is 0.169. The van der Waals surface area contributed by atoms with Gasteiger partial charge in [0.2, 0.25) is 5.91 Å². The molecule has 4 rings (SSSR count). The molecule has 0 bridgehead atoms. The molecule has 29 heavy (non-hydrogen) atoms. The Balaban J connectivity index is 1.38. The lowest BCUT2D eigenvalue weighted by Gasteiger charge is -2.16. The highest BCUT2D eigenvalue weighted by Gasteiger charge is 2.29. The summed E-state index contributed by atoms with van der Waals surface area (Å²) in [4.78, 5) is 24.7. The molecule has 0 spiro atoms. The van der Waals surface area contributed by atoms with Gasteiger partial charge in [0, 0.05) is 24.3 Å². The van der Waals surface area contributed by atoms with Crippen LogP contribution in [0.15, 0.2) is 72.9 Å². The molecule has 2 aromatic carbocycles. The Bertz CT molecular complexity index is 988. The highest BCUT2D eigenvalue weighted by atomic mass is 16.2. The maximum absolute atomic E-state index is 12.8. The van der Waals surface area contributed by atoms with Crippen molar-refractivity contribution in [1.82, 2.24) is 9.88 Å². The third-order valence-corrected chi connectivity index (χ3v) is 5.23. The van der Waals surface area contributed by atoms with Gasteiger partial charge in [0.25, 0.3) is 5.91 Å². The molecule has 3 aromatic rings. The molecule has 2 amide bonds. The lowest BCUT2D eigenvalue weighted by molar-refractivity contribution is -0.117. The second-order valence-corrected chi connectivity index (χ2v) is 7.59. The molecule has 1 unspecified atom stereocenters. The van der Waals surface area contributed by atoms with Crippen molar-refractivity contribution in [3.05, 3.63) is 89.7 Å². The number of nitrogens with one attached hydrogen (secondary N) is 2. The van der Waals surface area contributed by atoms with Crippen LogP contribution in [0.4, 0.5) is 5.69 Å². The molecule has 5 heteroatoms. The van der Waals surface area contributed by atoms with Gasteiger partial charge in [-0.3, -0.25) is 9.59 Å². The van der Waals surface area contributed by atoms with Crippen LogP contribution in [-0.4, -0.2) is 16.4 Å². The third kappa shape index (κ3) is 4.74. The second kappa shape index (κ2) is 8.35. The minimum absolute atomic E-state index is 0.0956. The number of hydrogen-bond acceptors (Lipinski definition) is 2. The average Bonchev–Trinajstić information content (AvgIpc) is 3.49. The van der Waals surface area contributed by atoms with Gasteiger partial charge < -0.3 is 15.2 Å². The molecule has 1 aliphatic carbocycles. The van der Waals surface area contributed by atoms with Gasteiger partial charge in [0.15, 0.2) is 0 Å². The van der Waals surface area contributed by atoms with Crippen molar-refractivity contribution in [2.75, 3.05) is 5.32 Å². The van der Waals surface area contributed by atoms with Gasteiger partial charge in [-0.25, -0.2) is 0 Å². The zero-order chi connectivity index (χ0) is 20.2. The van der Waals surface area contributed by atoms with E-state index in [1.807, 2.05) is 84.4 Å². The van der Waals surface area contributed by atoms with Gasteiger partial charge in [-0.2, -0.15) is 0 Å². The predicted molar refractivity (Wildman–Crippen MR) is 114 cm³/mol. The molecule has 1 atom stereocenters. The number of carbonyl (C=O) groups is 2. The van der Waals surface area contributed by atoms with Crippen molar-refractivity contribution < 1.29 is 9.59 Å². The summed E-state index contributed by atoms with van der Waals surface area (Å²) in [6.07, 6.45) is 3.89. The molecule has 1 heterocycles. The van der Waals surface area contributed by atoms with Gasteiger partial charge in [-0.15, -0.1) is 0 Å². The summed E-state index contributed by atoms with van der Waals surface area (Å²) in [5, 5.41) is 6.00. The molecule has 1 aromatic heterocycles. The van der Waals surface area contributed by atoms with E-state index in [9.17, 15) is 9.59 Å². The summed E-state index contributed by atoms with van der Waals surface area (Å²) in [6.45, 7) is 2.61. The summed E-state index contributed by atoms with van der Waals surface area (Å²) in [6, 6.07) is 21.3. The van der Waals surface area contributed by atoms with E-state index in [0.717, 1.165) is 29.7 Å². The Labute approximate surface area is 170 Å². The van der Waals surface area contributed by atoms with Gasteiger partial charge >= 0.3 is 0 Å². The minimum atomic E-state index is -0.143. The van der Waals surface area contributed by atoms with Gasteiger partial charge in [-0.05, 0) is 55.2 Å². The molecule has 1 saturated carbocycles. The van der Waals surface area contributed by atoms with Crippen molar-refractivity contribution in [1.29, 1.82) is 0 Å². The lowest BCUT2D eigenvalue weighted by Crippen LogP contribution is -2.28. The number of nitrogens with zero attached hydrogens (tertiary/aromatic N) is 1. The maximum Gasteiger partial charge on any atom is 0.268 e. The topological polar surface area (TPSA) is 63.1 Å². The van der Waals surface area contributed by atoms with Gasteiger partial charge in [-0.1, -0.05) is 42.5 Å². The van der Waals surface area contributed by atoms with E-state index in [0.29, 0.717) is 12.2 Å². The molecule has 148 valence electrons. The van der Waals surface area contributed by atoms with Crippen LogP contribution >= 0.6 is 0 Å². The Kier molecular flexibility index (Phi) is 5.47. The number of aromatic nitrogens is 1. The number of hydrogen-bond donors (Lipinski definition) is 2. The van der Waals surface area contributed by atoms with Gasteiger partial charge in [0.05, 0.1) is 6.04 Å². The Morgan fingerprint density at radius 3 is 2.41 bits per heavy atom. The summed E-state index contributed by atoms with van der Waals surface area (Å²) in [5.41, 5.74) is 3.56. The van der Waals surface area contributed by atoms with Crippen molar-refractivity contribution in [3.63, 3.8) is 0 Å². The molecule has 2 N–H and O–H groups in total. The average molecular weight is 387 g/mol. The summed E-state index contributed by atoms with van der Waals surface area (Å²) in [7, 11) is 0. The van der Waals surface area contributed by atoms with Crippen LogP contribution in [0, 0.1) is 5.92 Å². The smallest absolute Gasteiger partial charge is 0.268 e. The fourth-order valence-electron chi connectivity index (χ4n) is 3.34. The Morgan fingerprint density at radius 2 is 1.72 bits per heavy atom. The van der Waals surface area contributed by atoms with Crippen molar-refractivity contribution in [3.8, 4) is 0 Å².